The standard InChI is InChI=1S/C25H32N6O/c1-2-19-32-25(24-11-5-8-14-30-24)31(17-15-26-20-22-9-3-6-12-28-22)18-16-27-21-23-10-4-7-13-29-23/h3-14,20,25,27H,2,15-19,21H2,1H3. The lowest BCUT2D eigenvalue weighted by Gasteiger charge is -2.31. The Morgan fingerprint density at radius 2 is 1.75 bits per heavy atom. The van der Waals surface area contributed by atoms with Crippen LogP contribution in [0.3, 0.4) is 0 Å². The largest absolute Gasteiger partial charge is 0.357 e. The zero-order valence-electron chi connectivity index (χ0n) is 18.7. The predicted octanol–water partition coefficient (Wildman–Crippen LogP) is 3.51. The fourth-order valence-corrected chi connectivity index (χ4v) is 3.21. The van der Waals surface area contributed by atoms with Crippen LogP contribution in [-0.2, 0) is 11.3 Å². The Balaban J connectivity index is 1.62. The van der Waals surface area contributed by atoms with Gasteiger partial charge in [-0.15, -0.1) is 0 Å². The topological polar surface area (TPSA) is 75.5 Å². The molecule has 32 heavy (non-hydrogen) atoms. The Morgan fingerprint density at radius 3 is 2.44 bits per heavy atom. The molecule has 7 nitrogen and oxygen atoms in total. The van der Waals surface area contributed by atoms with E-state index in [-0.39, 0.29) is 6.23 Å². The van der Waals surface area contributed by atoms with Crippen molar-refractivity contribution in [1.82, 2.24) is 25.2 Å². The van der Waals surface area contributed by atoms with Gasteiger partial charge in [-0.25, -0.2) is 0 Å². The van der Waals surface area contributed by atoms with Crippen LogP contribution in [0, 0.1) is 0 Å². The van der Waals surface area contributed by atoms with Crippen molar-refractivity contribution in [3.63, 3.8) is 0 Å². The number of nitrogens with one attached hydrogen (secondary N) is 1. The van der Waals surface area contributed by atoms with Crippen LogP contribution in [0.15, 0.2) is 78.2 Å². The number of aromatic nitrogens is 3. The second kappa shape index (κ2) is 14.1. The first kappa shape index (κ1) is 23.7. The summed E-state index contributed by atoms with van der Waals surface area (Å²) in [7, 11) is 0. The van der Waals surface area contributed by atoms with Gasteiger partial charge in [-0.3, -0.25) is 24.8 Å². The summed E-state index contributed by atoms with van der Waals surface area (Å²) < 4.78 is 6.23. The molecule has 3 aromatic heterocycles. The molecule has 0 aliphatic carbocycles. The lowest BCUT2D eigenvalue weighted by Crippen LogP contribution is -2.38. The van der Waals surface area contributed by atoms with Crippen LogP contribution in [0.2, 0.25) is 0 Å². The van der Waals surface area contributed by atoms with Gasteiger partial charge in [0.05, 0.1) is 23.6 Å². The molecule has 0 spiro atoms. The molecule has 1 N–H and O–H groups in total. The smallest absolute Gasteiger partial charge is 0.153 e. The Hall–Kier alpha value is -3.00. The fourth-order valence-electron chi connectivity index (χ4n) is 3.21. The van der Waals surface area contributed by atoms with Crippen molar-refractivity contribution in [2.75, 3.05) is 32.8 Å². The fraction of sp³-hybridized carbons (Fsp3) is 0.360. The van der Waals surface area contributed by atoms with Gasteiger partial charge in [0.2, 0.25) is 0 Å². The first-order valence-corrected chi connectivity index (χ1v) is 11.1. The average molecular weight is 433 g/mol. The van der Waals surface area contributed by atoms with E-state index < -0.39 is 0 Å². The minimum absolute atomic E-state index is 0.210. The lowest BCUT2D eigenvalue weighted by atomic mass is 10.2. The van der Waals surface area contributed by atoms with Crippen LogP contribution in [0.4, 0.5) is 0 Å². The second-order valence-corrected chi connectivity index (χ2v) is 7.30. The highest BCUT2D eigenvalue weighted by Gasteiger charge is 2.21. The summed E-state index contributed by atoms with van der Waals surface area (Å²) in [5, 5.41) is 3.48. The maximum Gasteiger partial charge on any atom is 0.153 e. The van der Waals surface area contributed by atoms with Crippen LogP contribution in [0.1, 0.15) is 36.7 Å². The molecule has 0 aromatic carbocycles. The number of aliphatic imine (C=N–C) groups is 1. The molecule has 0 saturated carbocycles. The lowest BCUT2D eigenvalue weighted by molar-refractivity contribution is -0.0633. The number of pyridine rings is 3. The molecule has 0 fully saturated rings. The summed E-state index contributed by atoms with van der Waals surface area (Å²) >= 11 is 0. The molecule has 1 unspecified atom stereocenters. The summed E-state index contributed by atoms with van der Waals surface area (Å²) in [6, 6.07) is 17.7. The van der Waals surface area contributed by atoms with E-state index in [9.17, 15) is 0 Å². The summed E-state index contributed by atoms with van der Waals surface area (Å²) in [6.45, 7) is 6.53. The van der Waals surface area contributed by atoms with E-state index in [2.05, 4.69) is 37.1 Å². The van der Waals surface area contributed by atoms with Gasteiger partial charge in [0, 0.05) is 57.6 Å². The van der Waals surface area contributed by atoms with Crippen molar-refractivity contribution >= 4 is 6.21 Å². The van der Waals surface area contributed by atoms with Crippen LogP contribution in [0.5, 0.6) is 0 Å². The molecule has 0 amide bonds. The molecule has 0 aliphatic heterocycles. The zero-order valence-corrected chi connectivity index (χ0v) is 18.7. The Kier molecular flexibility index (Phi) is 10.5. The van der Waals surface area contributed by atoms with Gasteiger partial charge in [0.1, 0.15) is 0 Å². The van der Waals surface area contributed by atoms with E-state index in [1.807, 2.05) is 73.2 Å². The van der Waals surface area contributed by atoms with Crippen molar-refractivity contribution < 1.29 is 4.74 Å². The van der Waals surface area contributed by atoms with Crippen LogP contribution >= 0.6 is 0 Å². The molecule has 7 heteroatoms. The summed E-state index contributed by atoms with van der Waals surface area (Å²) in [5.41, 5.74) is 2.81. The summed E-state index contributed by atoms with van der Waals surface area (Å²) in [4.78, 5) is 20.1. The maximum absolute atomic E-state index is 6.23. The van der Waals surface area contributed by atoms with Gasteiger partial charge >= 0.3 is 0 Å². The SMILES string of the molecule is CCCOC(c1ccccn1)N(CCN=Cc1ccccn1)CCNCc1ccccn1. The highest BCUT2D eigenvalue weighted by Crippen LogP contribution is 2.20. The van der Waals surface area contributed by atoms with Crippen molar-refractivity contribution in [3.8, 4) is 0 Å². The predicted molar refractivity (Wildman–Crippen MR) is 127 cm³/mol. The molecule has 3 rings (SSSR count). The number of nitrogens with zero attached hydrogens (tertiary/aromatic N) is 5. The van der Waals surface area contributed by atoms with Crippen LogP contribution < -0.4 is 5.32 Å². The molecular formula is C25H32N6O. The molecule has 3 heterocycles. The Labute approximate surface area is 190 Å². The van der Waals surface area contributed by atoms with E-state index >= 15 is 0 Å². The van der Waals surface area contributed by atoms with E-state index in [0.717, 1.165) is 49.7 Å². The molecule has 0 aliphatic rings. The van der Waals surface area contributed by atoms with Crippen molar-refractivity contribution in [3.05, 3.63) is 90.3 Å². The van der Waals surface area contributed by atoms with E-state index in [1.165, 1.54) is 0 Å². The number of hydrogen-bond acceptors (Lipinski definition) is 7. The molecule has 168 valence electrons. The van der Waals surface area contributed by atoms with Gasteiger partial charge < -0.3 is 10.1 Å². The molecule has 0 radical (unpaired) electrons. The molecule has 0 saturated heterocycles. The quantitative estimate of drug-likeness (QED) is 0.239. The third-order valence-electron chi connectivity index (χ3n) is 4.79. The molecule has 1 atom stereocenters. The molecular weight excluding hydrogens is 400 g/mol. The zero-order chi connectivity index (χ0) is 22.3. The van der Waals surface area contributed by atoms with Gasteiger partial charge in [-0.1, -0.05) is 25.1 Å². The van der Waals surface area contributed by atoms with Crippen LogP contribution in [0.25, 0.3) is 0 Å². The average Bonchev–Trinajstić information content (AvgIpc) is 2.86. The highest BCUT2D eigenvalue weighted by atomic mass is 16.5. The third-order valence-corrected chi connectivity index (χ3v) is 4.79. The first-order chi connectivity index (χ1) is 15.9. The molecule has 0 bridgehead atoms. The number of hydrogen-bond donors (Lipinski definition) is 1. The van der Waals surface area contributed by atoms with E-state index in [0.29, 0.717) is 13.2 Å². The van der Waals surface area contributed by atoms with Gasteiger partial charge in [0.25, 0.3) is 0 Å². The van der Waals surface area contributed by atoms with Crippen molar-refractivity contribution in [1.29, 1.82) is 0 Å². The number of rotatable bonds is 14. The highest BCUT2D eigenvalue weighted by molar-refractivity contribution is 5.76. The van der Waals surface area contributed by atoms with Crippen molar-refractivity contribution in [2.24, 2.45) is 4.99 Å². The third kappa shape index (κ3) is 8.26. The first-order valence-electron chi connectivity index (χ1n) is 11.1. The maximum atomic E-state index is 6.23. The van der Waals surface area contributed by atoms with Crippen LogP contribution in [-0.4, -0.2) is 58.9 Å². The monoisotopic (exact) mass is 432 g/mol. The number of ether oxygens (including phenoxy) is 1. The van der Waals surface area contributed by atoms with E-state index in [1.54, 1.807) is 6.20 Å². The van der Waals surface area contributed by atoms with E-state index in [4.69, 9.17) is 4.74 Å². The Bertz CT molecular complexity index is 892. The minimum Gasteiger partial charge on any atom is -0.357 e. The second-order valence-electron chi connectivity index (χ2n) is 7.30. The Morgan fingerprint density at radius 1 is 0.969 bits per heavy atom. The normalized spacial score (nSPS) is 12.4. The summed E-state index contributed by atoms with van der Waals surface area (Å²) in [5.74, 6) is 0. The van der Waals surface area contributed by atoms with Gasteiger partial charge in [-0.05, 0) is 42.8 Å². The minimum atomic E-state index is -0.210. The summed E-state index contributed by atoms with van der Waals surface area (Å²) in [6.07, 6.45) is 7.97. The van der Waals surface area contributed by atoms with Crippen molar-refractivity contribution in [2.45, 2.75) is 26.1 Å². The van der Waals surface area contributed by atoms with Gasteiger partial charge in [0.15, 0.2) is 6.23 Å². The van der Waals surface area contributed by atoms with Gasteiger partial charge in [-0.2, -0.15) is 0 Å². The molecule has 3 aromatic rings.